The lowest BCUT2D eigenvalue weighted by atomic mass is 10.0. The molecule has 0 saturated heterocycles. The molecule has 0 aliphatic heterocycles. The first kappa shape index (κ1) is 16.5. The molecule has 1 aromatic heterocycles. The fourth-order valence-electron chi connectivity index (χ4n) is 2.92. The largest absolute Gasteiger partial charge is 0.363 e. The van der Waals surface area contributed by atoms with E-state index in [1.807, 2.05) is 6.92 Å². The third-order valence-electron chi connectivity index (χ3n) is 4.15. The first-order chi connectivity index (χ1) is 10.1. The summed E-state index contributed by atoms with van der Waals surface area (Å²) < 4.78 is 27.0. The van der Waals surface area contributed by atoms with E-state index >= 15 is 0 Å². The van der Waals surface area contributed by atoms with Gasteiger partial charge in [0.1, 0.15) is 0 Å². The molecule has 0 unspecified atom stereocenters. The highest BCUT2D eigenvalue weighted by Gasteiger charge is 2.17. The summed E-state index contributed by atoms with van der Waals surface area (Å²) in [6.45, 7) is 4.08. The maximum Gasteiger partial charge on any atom is 0.242 e. The Morgan fingerprint density at radius 1 is 1.33 bits per heavy atom. The summed E-state index contributed by atoms with van der Waals surface area (Å²) in [6, 6.07) is 1.70. The number of sulfonamides is 1. The lowest BCUT2D eigenvalue weighted by molar-refractivity contribution is 0.480. The smallest absolute Gasteiger partial charge is 0.242 e. The molecule has 1 heterocycles. The van der Waals surface area contributed by atoms with Crippen molar-refractivity contribution in [3.8, 4) is 0 Å². The van der Waals surface area contributed by atoms with Crippen LogP contribution in [0.3, 0.4) is 0 Å². The number of hydrogen-bond donors (Lipinski definition) is 3. The van der Waals surface area contributed by atoms with Crippen LogP contribution < -0.4 is 10.0 Å². The second kappa shape index (κ2) is 7.96. The van der Waals surface area contributed by atoms with Crippen LogP contribution in [0, 0.1) is 5.92 Å². The fourth-order valence-corrected chi connectivity index (χ4v) is 4.01. The van der Waals surface area contributed by atoms with Crippen molar-refractivity contribution in [1.82, 2.24) is 15.0 Å². The van der Waals surface area contributed by atoms with Crippen molar-refractivity contribution in [1.29, 1.82) is 0 Å². The molecule has 0 amide bonds. The van der Waals surface area contributed by atoms with Gasteiger partial charge in [0, 0.05) is 25.0 Å². The molecule has 0 spiro atoms. The SMILES string of the molecule is CCNCc1cc(S(=O)(=O)NCCCC2CCCC2)c[nH]1. The lowest BCUT2D eigenvalue weighted by Crippen LogP contribution is -2.24. The highest BCUT2D eigenvalue weighted by Crippen LogP contribution is 2.28. The van der Waals surface area contributed by atoms with Crippen LogP contribution in [0.2, 0.25) is 0 Å². The molecule has 0 radical (unpaired) electrons. The Bertz CT molecular complexity index is 519. The average Bonchev–Trinajstić information content (AvgIpc) is 3.13. The Kier molecular flexibility index (Phi) is 6.26. The maximum absolute atomic E-state index is 12.2. The Morgan fingerprint density at radius 3 is 2.81 bits per heavy atom. The van der Waals surface area contributed by atoms with Gasteiger partial charge in [-0.3, -0.25) is 0 Å². The zero-order valence-electron chi connectivity index (χ0n) is 12.8. The first-order valence-corrected chi connectivity index (χ1v) is 9.48. The third kappa shape index (κ3) is 5.13. The molecule has 1 saturated carbocycles. The molecule has 0 aromatic carbocycles. The van der Waals surface area contributed by atoms with Gasteiger partial charge in [0.15, 0.2) is 0 Å². The molecular weight excluding hydrogens is 286 g/mol. The first-order valence-electron chi connectivity index (χ1n) is 7.99. The highest BCUT2D eigenvalue weighted by atomic mass is 32.2. The van der Waals surface area contributed by atoms with Crippen molar-refractivity contribution >= 4 is 10.0 Å². The molecule has 0 bridgehead atoms. The average molecular weight is 313 g/mol. The standard InChI is InChI=1S/C15H27N3O2S/c1-2-16-11-14-10-15(12-17-14)21(19,20)18-9-5-8-13-6-3-4-7-13/h10,12-13,16-18H,2-9,11H2,1H3. The Balaban J connectivity index is 1.76. The summed E-state index contributed by atoms with van der Waals surface area (Å²) in [7, 11) is -3.37. The van der Waals surface area contributed by atoms with Gasteiger partial charge in [-0.05, 0) is 31.4 Å². The van der Waals surface area contributed by atoms with Gasteiger partial charge in [0.25, 0.3) is 0 Å². The minimum atomic E-state index is -3.37. The molecule has 120 valence electrons. The summed E-state index contributed by atoms with van der Waals surface area (Å²) in [5, 5.41) is 3.17. The second-order valence-corrected chi connectivity index (χ2v) is 7.60. The van der Waals surface area contributed by atoms with E-state index in [-0.39, 0.29) is 0 Å². The second-order valence-electron chi connectivity index (χ2n) is 5.83. The van der Waals surface area contributed by atoms with Crippen molar-refractivity contribution < 1.29 is 8.42 Å². The van der Waals surface area contributed by atoms with E-state index < -0.39 is 10.0 Å². The quantitative estimate of drug-likeness (QED) is 0.613. The zero-order chi connectivity index (χ0) is 15.1. The predicted molar refractivity (Wildman–Crippen MR) is 84.6 cm³/mol. The summed E-state index contributed by atoms with van der Waals surface area (Å²) in [4.78, 5) is 3.33. The third-order valence-corrected chi connectivity index (χ3v) is 5.59. The van der Waals surface area contributed by atoms with Crippen LogP contribution in [0.5, 0.6) is 0 Å². The van der Waals surface area contributed by atoms with Crippen LogP contribution in [-0.2, 0) is 16.6 Å². The van der Waals surface area contributed by atoms with E-state index in [9.17, 15) is 8.42 Å². The molecule has 2 rings (SSSR count). The van der Waals surface area contributed by atoms with Crippen molar-refractivity contribution in [2.24, 2.45) is 5.92 Å². The highest BCUT2D eigenvalue weighted by molar-refractivity contribution is 7.89. The predicted octanol–water partition coefficient (Wildman–Crippen LogP) is 2.37. The van der Waals surface area contributed by atoms with Crippen molar-refractivity contribution in [2.75, 3.05) is 13.1 Å². The van der Waals surface area contributed by atoms with Crippen LogP contribution in [0.1, 0.15) is 51.1 Å². The number of H-pyrrole nitrogens is 1. The Morgan fingerprint density at radius 2 is 2.10 bits per heavy atom. The van der Waals surface area contributed by atoms with Gasteiger partial charge in [0.05, 0.1) is 4.90 Å². The molecule has 5 nitrogen and oxygen atoms in total. The van der Waals surface area contributed by atoms with Crippen LogP contribution in [-0.4, -0.2) is 26.5 Å². The molecule has 6 heteroatoms. The van der Waals surface area contributed by atoms with Gasteiger partial charge in [0.2, 0.25) is 10.0 Å². The zero-order valence-corrected chi connectivity index (χ0v) is 13.6. The summed E-state index contributed by atoms with van der Waals surface area (Å²) in [6.07, 6.45) is 8.95. The van der Waals surface area contributed by atoms with E-state index in [4.69, 9.17) is 0 Å². The van der Waals surface area contributed by atoms with Crippen molar-refractivity contribution in [2.45, 2.75) is 56.9 Å². The van der Waals surface area contributed by atoms with Crippen LogP contribution in [0.15, 0.2) is 17.2 Å². The normalized spacial score (nSPS) is 16.6. The van der Waals surface area contributed by atoms with E-state index in [2.05, 4.69) is 15.0 Å². The summed E-state index contributed by atoms with van der Waals surface area (Å²) >= 11 is 0. The molecule has 1 aliphatic rings. The summed E-state index contributed by atoms with van der Waals surface area (Å²) in [5.74, 6) is 0.813. The monoisotopic (exact) mass is 313 g/mol. The van der Waals surface area contributed by atoms with Gasteiger partial charge in [-0.15, -0.1) is 0 Å². The Labute approximate surface area is 128 Å². The van der Waals surface area contributed by atoms with Gasteiger partial charge in [-0.25, -0.2) is 13.1 Å². The molecule has 3 N–H and O–H groups in total. The van der Waals surface area contributed by atoms with Gasteiger partial charge in [-0.1, -0.05) is 32.6 Å². The van der Waals surface area contributed by atoms with Gasteiger partial charge < -0.3 is 10.3 Å². The lowest BCUT2D eigenvalue weighted by Gasteiger charge is -2.09. The topological polar surface area (TPSA) is 74.0 Å². The fraction of sp³-hybridized carbons (Fsp3) is 0.733. The van der Waals surface area contributed by atoms with E-state index in [1.54, 1.807) is 12.3 Å². The number of nitrogens with one attached hydrogen (secondary N) is 3. The van der Waals surface area contributed by atoms with Crippen molar-refractivity contribution in [3.63, 3.8) is 0 Å². The molecule has 21 heavy (non-hydrogen) atoms. The number of hydrogen-bond acceptors (Lipinski definition) is 3. The number of aromatic nitrogens is 1. The van der Waals surface area contributed by atoms with Crippen molar-refractivity contribution in [3.05, 3.63) is 18.0 Å². The van der Waals surface area contributed by atoms with Crippen LogP contribution >= 0.6 is 0 Å². The Hall–Kier alpha value is -0.850. The van der Waals surface area contributed by atoms with Gasteiger partial charge in [-0.2, -0.15) is 0 Å². The number of aromatic amines is 1. The van der Waals surface area contributed by atoms with Crippen LogP contribution in [0.25, 0.3) is 0 Å². The minimum Gasteiger partial charge on any atom is -0.363 e. The minimum absolute atomic E-state index is 0.330. The van der Waals surface area contributed by atoms with E-state index in [0.29, 0.717) is 18.0 Å². The van der Waals surface area contributed by atoms with E-state index in [0.717, 1.165) is 31.0 Å². The van der Waals surface area contributed by atoms with Crippen LogP contribution in [0.4, 0.5) is 0 Å². The van der Waals surface area contributed by atoms with E-state index in [1.165, 1.54) is 25.7 Å². The molecule has 1 aliphatic carbocycles. The molecule has 0 atom stereocenters. The molecule has 1 aromatic rings. The summed E-state index contributed by atoms with van der Waals surface area (Å²) in [5.41, 5.74) is 0.892. The number of rotatable bonds is 9. The maximum atomic E-state index is 12.2. The molecular formula is C15H27N3O2S. The molecule has 1 fully saturated rings. The van der Waals surface area contributed by atoms with Gasteiger partial charge >= 0.3 is 0 Å².